The van der Waals surface area contributed by atoms with Crippen molar-refractivity contribution in [3.05, 3.63) is 64.7 Å². The summed E-state index contributed by atoms with van der Waals surface area (Å²) < 4.78 is 30.3. The quantitative estimate of drug-likeness (QED) is 0.425. The third-order valence-electron chi connectivity index (χ3n) is 6.48. The molecule has 5 rings (SSSR count). The van der Waals surface area contributed by atoms with Gasteiger partial charge in [0, 0.05) is 23.9 Å². The van der Waals surface area contributed by atoms with Gasteiger partial charge in [0.25, 0.3) is 0 Å². The second-order valence-electron chi connectivity index (χ2n) is 8.89. The molecule has 1 aliphatic heterocycles. The third kappa shape index (κ3) is 4.21. The summed E-state index contributed by atoms with van der Waals surface area (Å²) in [7, 11) is 0. The first kappa shape index (κ1) is 23.9. The second-order valence-corrected chi connectivity index (χ2v) is 9.30. The molecule has 36 heavy (non-hydrogen) atoms. The van der Waals surface area contributed by atoms with Crippen LogP contribution in [0, 0.1) is 12.7 Å². The third-order valence-corrected chi connectivity index (χ3v) is 6.77. The summed E-state index contributed by atoms with van der Waals surface area (Å²) in [5.74, 6) is -1.35. The van der Waals surface area contributed by atoms with Crippen LogP contribution in [0.4, 0.5) is 14.6 Å². The van der Waals surface area contributed by atoms with Crippen LogP contribution in [0.15, 0.2) is 42.7 Å². The highest BCUT2D eigenvalue weighted by molar-refractivity contribution is 6.30. The van der Waals surface area contributed by atoms with Gasteiger partial charge in [-0.1, -0.05) is 35.4 Å². The average Bonchev–Trinajstić information content (AvgIpc) is 3.38. The summed E-state index contributed by atoms with van der Waals surface area (Å²) in [4.78, 5) is 35.9. The van der Waals surface area contributed by atoms with Gasteiger partial charge < -0.3 is 20.5 Å². The standard InChI is InChI=1S/C25H23ClF2N6O2/c1-13-5-6-18-16(7-13)21-23(29)31-12-32-24(21)34(18)11-20(35)33-10-15(27)8-19(33)25(36)30-9-14-3-2-4-17(26)22(14)28/h2-7,12,15,19H,8-11H2,1H3,(H,30,36)(H2,29,31,32)/t15-,19-/m1/s1. The predicted octanol–water partition coefficient (Wildman–Crippen LogP) is 3.52. The summed E-state index contributed by atoms with van der Waals surface area (Å²) in [6.45, 7) is 1.43. The molecule has 0 aliphatic carbocycles. The Morgan fingerprint density at radius 1 is 1.25 bits per heavy atom. The molecule has 0 saturated carbocycles. The monoisotopic (exact) mass is 512 g/mol. The Bertz CT molecular complexity index is 1510. The number of fused-ring (bicyclic) bond motifs is 3. The minimum atomic E-state index is -1.36. The van der Waals surface area contributed by atoms with Crippen molar-refractivity contribution in [3.8, 4) is 0 Å². The zero-order valence-corrected chi connectivity index (χ0v) is 20.1. The minimum Gasteiger partial charge on any atom is -0.383 e. The fourth-order valence-corrected chi connectivity index (χ4v) is 4.93. The van der Waals surface area contributed by atoms with Crippen LogP contribution < -0.4 is 11.1 Å². The number of nitrogens with one attached hydrogen (secondary N) is 1. The van der Waals surface area contributed by atoms with Crippen LogP contribution >= 0.6 is 11.6 Å². The first-order valence-electron chi connectivity index (χ1n) is 11.4. The maximum absolute atomic E-state index is 14.4. The first-order valence-corrected chi connectivity index (χ1v) is 11.8. The highest BCUT2D eigenvalue weighted by Gasteiger charge is 2.40. The predicted molar refractivity (Wildman–Crippen MR) is 132 cm³/mol. The molecule has 0 bridgehead atoms. The van der Waals surface area contributed by atoms with Gasteiger partial charge in [-0.2, -0.15) is 0 Å². The summed E-state index contributed by atoms with van der Waals surface area (Å²) in [5.41, 5.74) is 8.53. The fourth-order valence-electron chi connectivity index (χ4n) is 4.73. The number of aromatic nitrogens is 3. The van der Waals surface area contributed by atoms with Gasteiger partial charge in [-0.15, -0.1) is 0 Å². The van der Waals surface area contributed by atoms with E-state index in [0.29, 0.717) is 11.0 Å². The lowest BCUT2D eigenvalue weighted by Gasteiger charge is -2.24. The molecule has 3 N–H and O–H groups in total. The lowest BCUT2D eigenvalue weighted by Crippen LogP contribution is -2.46. The number of nitrogens with two attached hydrogens (primary N) is 1. The smallest absolute Gasteiger partial charge is 0.243 e. The number of rotatable bonds is 5. The molecule has 1 fully saturated rings. The van der Waals surface area contributed by atoms with Gasteiger partial charge in [-0.3, -0.25) is 9.59 Å². The van der Waals surface area contributed by atoms with Crippen LogP contribution in [0.3, 0.4) is 0 Å². The molecule has 0 unspecified atom stereocenters. The summed E-state index contributed by atoms with van der Waals surface area (Å²) in [6.07, 6.45) is -0.175. The van der Waals surface area contributed by atoms with E-state index in [2.05, 4.69) is 15.3 Å². The van der Waals surface area contributed by atoms with E-state index in [9.17, 15) is 18.4 Å². The highest BCUT2D eigenvalue weighted by atomic mass is 35.5. The molecular formula is C25H23ClF2N6O2. The summed E-state index contributed by atoms with van der Waals surface area (Å²) >= 11 is 5.80. The second kappa shape index (κ2) is 9.34. The fraction of sp³-hybridized carbons (Fsp3) is 0.280. The Balaban J connectivity index is 1.40. The van der Waals surface area contributed by atoms with Crippen LogP contribution in [-0.2, 0) is 22.7 Å². The lowest BCUT2D eigenvalue weighted by molar-refractivity contribution is -0.138. The molecule has 3 heterocycles. The SMILES string of the molecule is Cc1ccc2c(c1)c1c(N)ncnc1n2CC(=O)N1C[C@H](F)C[C@@H]1C(=O)NCc1cccc(Cl)c1F. The van der Waals surface area contributed by atoms with Crippen molar-refractivity contribution < 1.29 is 18.4 Å². The molecule has 2 aromatic carbocycles. The number of amides is 2. The highest BCUT2D eigenvalue weighted by Crippen LogP contribution is 2.32. The molecule has 4 aromatic rings. The number of benzene rings is 2. The zero-order valence-electron chi connectivity index (χ0n) is 19.3. The van der Waals surface area contributed by atoms with Crippen LogP contribution in [0.1, 0.15) is 17.5 Å². The maximum Gasteiger partial charge on any atom is 0.243 e. The number of hydrogen-bond donors (Lipinski definition) is 2. The lowest BCUT2D eigenvalue weighted by atomic mass is 10.1. The Kier molecular flexibility index (Phi) is 6.21. The topological polar surface area (TPSA) is 106 Å². The number of anilines is 1. The summed E-state index contributed by atoms with van der Waals surface area (Å²) in [6, 6.07) is 9.16. The van der Waals surface area contributed by atoms with Crippen molar-refractivity contribution in [2.24, 2.45) is 0 Å². The van der Waals surface area contributed by atoms with E-state index in [1.807, 2.05) is 25.1 Å². The molecule has 1 saturated heterocycles. The van der Waals surface area contributed by atoms with Gasteiger partial charge in [0.05, 0.1) is 22.5 Å². The molecule has 186 valence electrons. The molecular weight excluding hydrogens is 490 g/mol. The van der Waals surface area contributed by atoms with Gasteiger partial charge in [-0.25, -0.2) is 18.7 Å². The van der Waals surface area contributed by atoms with Crippen LogP contribution in [0.25, 0.3) is 21.9 Å². The molecule has 2 atom stereocenters. The summed E-state index contributed by atoms with van der Waals surface area (Å²) in [5, 5.41) is 3.98. The maximum atomic E-state index is 14.4. The number of nitrogens with zero attached hydrogens (tertiary/aromatic N) is 4. The van der Waals surface area contributed by atoms with E-state index in [4.69, 9.17) is 17.3 Å². The van der Waals surface area contributed by atoms with Gasteiger partial charge in [0.15, 0.2) is 0 Å². The van der Waals surface area contributed by atoms with E-state index < -0.39 is 29.8 Å². The van der Waals surface area contributed by atoms with Crippen LogP contribution in [0.2, 0.25) is 5.02 Å². The number of alkyl halides is 1. The van der Waals surface area contributed by atoms with Crippen molar-refractivity contribution in [1.82, 2.24) is 24.8 Å². The number of halogens is 3. The van der Waals surface area contributed by atoms with Crippen molar-refractivity contribution in [2.75, 3.05) is 12.3 Å². The van der Waals surface area contributed by atoms with E-state index >= 15 is 0 Å². The van der Waals surface area contributed by atoms with E-state index in [1.165, 1.54) is 23.4 Å². The molecule has 1 aliphatic rings. The Labute approximate surface area is 210 Å². The number of aryl methyl sites for hydroxylation is 1. The Morgan fingerprint density at radius 2 is 2.06 bits per heavy atom. The number of likely N-dealkylation sites (tertiary alicyclic amines) is 1. The number of nitrogen functional groups attached to an aromatic ring is 1. The average molecular weight is 513 g/mol. The Morgan fingerprint density at radius 3 is 2.86 bits per heavy atom. The zero-order chi connectivity index (χ0) is 25.6. The molecule has 2 aromatic heterocycles. The molecule has 0 radical (unpaired) electrons. The van der Waals surface area contributed by atoms with Crippen molar-refractivity contribution >= 4 is 51.2 Å². The van der Waals surface area contributed by atoms with Crippen molar-refractivity contribution in [3.63, 3.8) is 0 Å². The van der Waals surface area contributed by atoms with Gasteiger partial charge in [0.1, 0.15) is 42.4 Å². The minimum absolute atomic E-state index is 0.0611. The number of hydrogen-bond acceptors (Lipinski definition) is 5. The molecule has 2 amide bonds. The van der Waals surface area contributed by atoms with Crippen LogP contribution in [0.5, 0.6) is 0 Å². The molecule has 8 nitrogen and oxygen atoms in total. The van der Waals surface area contributed by atoms with E-state index in [0.717, 1.165) is 16.5 Å². The molecule has 11 heteroatoms. The molecule has 0 spiro atoms. The Hall–Kier alpha value is -3.79. The largest absolute Gasteiger partial charge is 0.383 e. The van der Waals surface area contributed by atoms with Crippen LogP contribution in [-0.4, -0.2) is 50.0 Å². The van der Waals surface area contributed by atoms with E-state index in [1.54, 1.807) is 10.6 Å². The first-order chi connectivity index (χ1) is 17.2. The van der Waals surface area contributed by atoms with Crippen molar-refractivity contribution in [2.45, 2.75) is 38.6 Å². The number of carbonyl (C=O) groups is 2. The van der Waals surface area contributed by atoms with Gasteiger partial charge in [0.2, 0.25) is 11.8 Å². The van der Waals surface area contributed by atoms with Gasteiger partial charge in [-0.05, 0) is 25.1 Å². The van der Waals surface area contributed by atoms with Crippen molar-refractivity contribution in [1.29, 1.82) is 0 Å². The van der Waals surface area contributed by atoms with Gasteiger partial charge >= 0.3 is 0 Å². The van der Waals surface area contributed by atoms with E-state index in [-0.39, 0.29) is 42.5 Å². The number of carbonyl (C=O) groups excluding carboxylic acids is 2. The normalized spacial score (nSPS) is 17.7.